The van der Waals surface area contributed by atoms with Gasteiger partial charge in [-0.25, -0.2) is 9.26 Å². The van der Waals surface area contributed by atoms with Crippen molar-refractivity contribution in [3.63, 3.8) is 0 Å². The van der Waals surface area contributed by atoms with E-state index in [-0.39, 0.29) is 22.4 Å². The minimum Gasteiger partial charge on any atom is -0.375 e. The van der Waals surface area contributed by atoms with Crippen molar-refractivity contribution in [3.05, 3.63) is 70.3 Å². The molecule has 0 atom stereocenters. The number of nitro benzene ring substituents is 1. The van der Waals surface area contributed by atoms with Crippen molar-refractivity contribution in [3.8, 4) is 0 Å². The Balaban J connectivity index is 1.59. The van der Waals surface area contributed by atoms with Crippen LogP contribution in [0, 0.1) is 10.1 Å². The largest absolute Gasteiger partial charge is 0.375 e. The van der Waals surface area contributed by atoms with Crippen molar-refractivity contribution < 1.29 is 14.2 Å². The highest BCUT2D eigenvalue weighted by molar-refractivity contribution is 6.02. The Morgan fingerprint density at radius 3 is 2.43 bits per heavy atom. The van der Waals surface area contributed by atoms with Crippen LogP contribution in [-0.4, -0.2) is 25.5 Å². The molecule has 11 nitrogen and oxygen atoms in total. The van der Waals surface area contributed by atoms with Crippen LogP contribution in [0.4, 0.5) is 22.7 Å². The van der Waals surface area contributed by atoms with Gasteiger partial charge in [0.05, 0.1) is 16.3 Å². The lowest BCUT2D eigenvalue weighted by Crippen LogP contribution is -2.05. The molecule has 5 rings (SSSR count). The standard InChI is InChI=1S/C19H13N7O4/c27-26(28)19-15(20-10-11-5-2-1-3-6-11)9-14(17-18(19)25-30-24-17)21-12-7-4-8-13-16(12)23-29-22-13/h1-9,20-21H,10H2. The van der Waals surface area contributed by atoms with E-state index in [2.05, 4.69) is 31.3 Å². The molecule has 2 aromatic heterocycles. The Bertz CT molecular complexity index is 1360. The van der Waals surface area contributed by atoms with Gasteiger partial charge in [0.1, 0.15) is 11.2 Å². The van der Waals surface area contributed by atoms with Gasteiger partial charge < -0.3 is 10.6 Å². The van der Waals surface area contributed by atoms with Crippen molar-refractivity contribution in [2.24, 2.45) is 0 Å². The number of nitrogens with zero attached hydrogens (tertiary/aromatic N) is 5. The van der Waals surface area contributed by atoms with E-state index in [0.29, 0.717) is 29.0 Å². The lowest BCUT2D eigenvalue weighted by atomic mass is 10.1. The quantitative estimate of drug-likeness (QED) is 0.315. The van der Waals surface area contributed by atoms with Crippen LogP contribution in [0.5, 0.6) is 0 Å². The van der Waals surface area contributed by atoms with Crippen LogP contribution in [0.1, 0.15) is 5.56 Å². The third-order valence-corrected chi connectivity index (χ3v) is 4.58. The zero-order chi connectivity index (χ0) is 20.5. The maximum absolute atomic E-state index is 11.8. The van der Waals surface area contributed by atoms with E-state index in [1.807, 2.05) is 30.3 Å². The molecule has 0 bridgehead atoms. The zero-order valence-electron chi connectivity index (χ0n) is 15.3. The highest BCUT2D eigenvalue weighted by Gasteiger charge is 2.26. The smallest absolute Gasteiger partial charge is 0.323 e. The number of aromatic nitrogens is 4. The first-order valence-electron chi connectivity index (χ1n) is 8.90. The van der Waals surface area contributed by atoms with E-state index in [9.17, 15) is 10.1 Å². The van der Waals surface area contributed by atoms with E-state index in [1.54, 1.807) is 24.3 Å². The molecule has 3 aromatic carbocycles. The molecule has 5 aromatic rings. The molecule has 0 radical (unpaired) electrons. The third kappa shape index (κ3) is 3.03. The molecule has 0 fully saturated rings. The summed E-state index contributed by atoms with van der Waals surface area (Å²) in [4.78, 5) is 11.3. The molecule has 0 aliphatic rings. The van der Waals surface area contributed by atoms with Gasteiger partial charge in [-0.15, -0.1) is 0 Å². The molecule has 0 aliphatic heterocycles. The maximum atomic E-state index is 11.8. The molecule has 148 valence electrons. The summed E-state index contributed by atoms with van der Waals surface area (Å²) in [6, 6.07) is 16.5. The minimum absolute atomic E-state index is 0.0333. The number of nitrogens with one attached hydrogen (secondary N) is 2. The van der Waals surface area contributed by atoms with Gasteiger partial charge in [-0.3, -0.25) is 10.1 Å². The second-order valence-corrected chi connectivity index (χ2v) is 6.44. The molecule has 30 heavy (non-hydrogen) atoms. The van der Waals surface area contributed by atoms with Crippen LogP contribution >= 0.6 is 0 Å². The van der Waals surface area contributed by atoms with Crippen molar-refractivity contribution in [1.82, 2.24) is 20.6 Å². The van der Waals surface area contributed by atoms with E-state index in [0.717, 1.165) is 5.56 Å². The summed E-state index contributed by atoms with van der Waals surface area (Å²) < 4.78 is 9.60. The Labute approximate surface area is 167 Å². The van der Waals surface area contributed by atoms with Crippen LogP contribution in [0.15, 0.2) is 63.9 Å². The highest BCUT2D eigenvalue weighted by atomic mass is 16.6. The number of nitro groups is 1. The Hall–Kier alpha value is -4.54. The number of hydrogen-bond acceptors (Lipinski definition) is 10. The lowest BCUT2D eigenvalue weighted by Gasteiger charge is -2.11. The van der Waals surface area contributed by atoms with Crippen LogP contribution in [0.2, 0.25) is 0 Å². The SMILES string of the molecule is O=[N+]([O-])c1c(NCc2ccccc2)cc(Nc2cccc3nonc23)c2nonc12. The Kier molecular flexibility index (Phi) is 4.17. The number of fused-ring (bicyclic) bond motifs is 2. The van der Waals surface area contributed by atoms with Gasteiger partial charge in [-0.05, 0) is 44.4 Å². The topological polar surface area (TPSA) is 145 Å². The van der Waals surface area contributed by atoms with Gasteiger partial charge in [0.15, 0.2) is 11.0 Å². The molecular weight excluding hydrogens is 390 g/mol. The van der Waals surface area contributed by atoms with Gasteiger partial charge in [0.2, 0.25) is 5.52 Å². The monoisotopic (exact) mass is 403 g/mol. The molecule has 0 saturated carbocycles. The molecule has 0 saturated heterocycles. The van der Waals surface area contributed by atoms with Crippen LogP contribution in [-0.2, 0) is 6.54 Å². The fourth-order valence-electron chi connectivity index (χ4n) is 3.19. The van der Waals surface area contributed by atoms with E-state index >= 15 is 0 Å². The van der Waals surface area contributed by atoms with Crippen molar-refractivity contribution >= 4 is 44.8 Å². The summed E-state index contributed by atoms with van der Waals surface area (Å²) in [6.45, 7) is 0.390. The summed E-state index contributed by atoms with van der Waals surface area (Å²) >= 11 is 0. The summed E-state index contributed by atoms with van der Waals surface area (Å²) in [5.41, 5.74) is 3.43. The first kappa shape index (κ1) is 17.6. The van der Waals surface area contributed by atoms with Gasteiger partial charge >= 0.3 is 5.69 Å². The summed E-state index contributed by atoms with van der Waals surface area (Å²) in [6.07, 6.45) is 0. The summed E-state index contributed by atoms with van der Waals surface area (Å²) in [5.74, 6) is 0. The van der Waals surface area contributed by atoms with Crippen LogP contribution in [0.3, 0.4) is 0 Å². The normalized spacial score (nSPS) is 11.1. The molecule has 0 unspecified atom stereocenters. The molecule has 2 heterocycles. The molecular formula is C19H13N7O4. The van der Waals surface area contributed by atoms with Crippen molar-refractivity contribution in [2.45, 2.75) is 6.54 Å². The fourth-order valence-corrected chi connectivity index (χ4v) is 3.19. The molecule has 11 heteroatoms. The number of benzene rings is 3. The number of anilines is 3. The van der Waals surface area contributed by atoms with Crippen LogP contribution in [0.25, 0.3) is 22.1 Å². The van der Waals surface area contributed by atoms with Crippen LogP contribution < -0.4 is 10.6 Å². The molecule has 2 N–H and O–H groups in total. The number of hydrogen-bond donors (Lipinski definition) is 2. The summed E-state index contributed by atoms with van der Waals surface area (Å²) in [7, 11) is 0. The van der Waals surface area contributed by atoms with Crippen molar-refractivity contribution in [1.29, 1.82) is 0 Å². The number of rotatable bonds is 6. The fraction of sp³-hybridized carbons (Fsp3) is 0.0526. The van der Waals surface area contributed by atoms with E-state index < -0.39 is 4.92 Å². The molecule has 0 aliphatic carbocycles. The van der Waals surface area contributed by atoms with Gasteiger partial charge in [0, 0.05) is 6.54 Å². The average Bonchev–Trinajstić information content (AvgIpc) is 3.43. The van der Waals surface area contributed by atoms with E-state index in [1.165, 1.54) is 0 Å². The highest BCUT2D eigenvalue weighted by Crippen LogP contribution is 2.38. The maximum Gasteiger partial charge on any atom is 0.323 e. The van der Waals surface area contributed by atoms with Gasteiger partial charge in [-0.1, -0.05) is 36.4 Å². The summed E-state index contributed by atoms with van der Waals surface area (Å²) in [5, 5.41) is 33.4. The van der Waals surface area contributed by atoms with Gasteiger partial charge in [0.25, 0.3) is 0 Å². The second kappa shape index (κ2) is 7.13. The van der Waals surface area contributed by atoms with Gasteiger partial charge in [-0.2, -0.15) is 0 Å². The minimum atomic E-state index is -0.508. The lowest BCUT2D eigenvalue weighted by molar-refractivity contribution is -0.382. The second-order valence-electron chi connectivity index (χ2n) is 6.44. The third-order valence-electron chi connectivity index (χ3n) is 4.58. The average molecular weight is 403 g/mol. The first-order chi connectivity index (χ1) is 14.7. The van der Waals surface area contributed by atoms with E-state index in [4.69, 9.17) is 9.26 Å². The Morgan fingerprint density at radius 1 is 0.833 bits per heavy atom. The zero-order valence-corrected chi connectivity index (χ0v) is 15.3. The van der Waals surface area contributed by atoms with Crippen molar-refractivity contribution in [2.75, 3.05) is 10.6 Å². The first-order valence-corrected chi connectivity index (χ1v) is 8.90. The predicted molar refractivity (Wildman–Crippen MR) is 107 cm³/mol. The Morgan fingerprint density at radius 2 is 1.60 bits per heavy atom. The molecule has 0 spiro atoms. The predicted octanol–water partition coefficient (Wildman–Crippen LogP) is 4.02. The molecule has 0 amide bonds.